The minimum atomic E-state index is -2.08. The van der Waals surface area contributed by atoms with E-state index in [4.69, 9.17) is 15.0 Å². The van der Waals surface area contributed by atoms with Crippen molar-refractivity contribution >= 4 is 38.6 Å². The van der Waals surface area contributed by atoms with Crippen molar-refractivity contribution in [2.75, 3.05) is 0 Å². The first-order valence-corrected chi connectivity index (χ1v) is 15.2. The van der Waals surface area contributed by atoms with Crippen LogP contribution in [0.5, 0.6) is 0 Å². The molecule has 7 aromatic carbocycles. The Morgan fingerprint density at radius 1 is 0.442 bits per heavy atom. The van der Waals surface area contributed by atoms with Gasteiger partial charge >= 0.3 is 0 Å². The van der Waals surface area contributed by atoms with Crippen LogP contribution in [-0.4, -0.2) is 11.3 Å². The topological polar surface area (TPSA) is 60.4 Å². The lowest BCUT2D eigenvalue weighted by Gasteiger charge is -2.11. The number of hydrogen-bond donors (Lipinski definition) is 1. The van der Waals surface area contributed by atoms with E-state index in [2.05, 4.69) is 164 Å². The summed E-state index contributed by atoms with van der Waals surface area (Å²) < 4.78 is 0. The molecule has 0 radical (unpaired) electrons. The maximum Gasteiger partial charge on any atom is 0.249 e. The van der Waals surface area contributed by atoms with Gasteiger partial charge in [-0.3, -0.25) is 0 Å². The predicted octanol–water partition coefficient (Wildman–Crippen LogP) is 9.31. The zero-order valence-corrected chi connectivity index (χ0v) is 24.1. The molecule has 0 spiro atoms. The Balaban J connectivity index is 0.000000777. The summed E-state index contributed by atoms with van der Waals surface area (Å²) >= 11 is 0. The van der Waals surface area contributed by atoms with Gasteiger partial charge in [0.25, 0.3) is 0 Å². The van der Waals surface area contributed by atoms with E-state index in [-0.39, 0.29) is 10.9 Å². The highest BCUT2D eigenvalue weighted by Crippen LogP contribution is 2.36. The Bertz CT molecular complexity index is 1860. The lowest BCUT2D eigenvalue weighted by atomic mass is 9.98. The van der Waals surface area contributed by atoms with Gasteiger partial charge < -0.3 is 15.0 Å². The normalized spacial score (nSPS) is 10.8. The van der Waals surface area contributed by atoms with Crippen LogP contribution in [0, 0.1) is 0 Å². The number of benzene rings is 7. The van der Waals surface area contributed by atoms with E-state index >= 15 is 0 Å². The van der Waals surface area contributed by atoms with Gasteiger partial charge in [-0.15, -0.1) is 0 Å². The SMILES string of the molecule is O=C([O-])O.c1ccc([S+](c2ccc(-c3cccc4ccccc34)cc2)c2ccc(-c3cccc4ccccc34)cc2)cc1. The summed E-state index contributed by atoms with van der Waals surface area (Å²) in [7, 11) is -0.198. The summed E-state index contributed by atoms with van der Waals surface area (Å²) in [6, 6.07) is 59.6. The quantitative estimate of drug-likeness (QED) is 0.208. The average Bonchev–Trinajstić information content (AvgIpc) is 3.05. The smallest absolute Gasteiger partial charge is 0.249 e. The van der Waals surface area contributed by atoms with Crippen LogP contribution in [-0.2, 0) is 10.9 Å². The molecule has 208 valence electrons. The van der Waals surface area contributed by atoms with Crippen molar-refractivity contribution in [1.29, 1.82) is 0 Å². The summed E-state index contributed by atoms with van der Waals surface area (Å²) in [5.41, 5.74) is 5.05. The maximum atomic E-state index is 8.44. The van der Waals surface area contributed by atoms with E-state index in [9.17, 15) is 0 Å². The summed E-state index contributed by atoms with van der Waals surface area (Å²) in [5, 5.41) is 20.4. The summed E-state index contributed by atoms with van der Waals surface area (Å²) in [6.07, 6.45) is -2.08. The fraction of sp³-hybridized carbons (Fsp3) is 0. The largest absolute Gasteiger partial charge is 0.565 e. The van der Waals surface area contributed by atoms with Crippen LogP contribution in [0.3, 0.4) is 0 Å². The predicted molar refractivity (Wildman–Crippen MR) is 175 cm³/mol. The lowest BCUT2D eigenvalue weighted by molar-refractivity contribution is -0.275. The minimum Gasteiger partial charge on any atom is -0.565 e. The van der Waals surface area contributed by atoms with Gasteiger partial charge in [0.2, 0.25) is 6.16 Å². The molecule has 7 aromatic rings. The van der Waals surface area contributed by atoms with Crippen LogP contribution < -0.4 is 5.11 Å². The minimum absolute atomic E-state index is 0.198. The fourth-order valence-electron chi connectivity index (χ4n) is 5.46. The van der Waals surface area contributed by atoms with Crippen molar-refractivity contribution in [3.8, 4) is 22.3 Å². The maximum absolute atomic E-state index is 8.44. The molecular weight excluding hydrogens is 548 g/mol. The number of fused-ring (bicyclic) bond motifs is 2. The fourth-order valence-corrected chi connectivity index (χ4v) is 7.52. The van der Waals surface area contributed by atoms with Crippen molar-refractivity contribution < 1.29 is 15.0 Å². The highest BCUT2D eigenvalue weighted by Gasteiger charge is 2.28. The van der Waals surface area contributed by atoms with E-state index in [0.29, 0.717) is 0 Å². The van der Waals surface area contributed by atoms with Crippen LogP contribution in [0.25, 0.3) is 43.8 Å². The molecule has 0 amide bonds. The molecule has 3 nitrogen and oxygen atoms in total. The highest BCUT2D eigenvalue weighted by atomic mass is 32.2. The average molecular weight is 577 g/mol. The highest BCUT2D eigenvalue weighted by molar-refractivity contribution is 7.97. The molecule has 0 saturated carbocycles. The molecule has 0 aliphatic rings. The number of hydrogen-bond acceptors (Lipinski definition) is 2. The monoisotopic (exact) mass is 576 g/mol. The standard InChI is InChI=1S/C38H27S.CH2O3/c1-2-14-32(15-3-1)39(33-24-20-30(21-25-33)37-18-8-12-28-10-4-6-16-35(28)37)34-26-22-31(23-27-34)38-19-9-13-29-11-5-7-17-36(29)38;2-1(3)4/h1-27H;(H2,2,3,4)/q+1;/p-1. The third-order valence-electron chi connectivity index (χ3n) is 7.36. The van der Waals surface area contributed by atoms with Crippen molar-refractivity contribution in [3.63, 3.8) is 0 Å². The Morgan fingerprint density at radius 3 is 1.23 bits per heavy atom. The van der Waals surface area contributed by atoms with Crippen molar-refractivity contribution in [2.45, 2.75) is 14.7 Å². The second-order valence-electron chi connectivity index (χ2n) is 9.99. The second kappa shape index (κ2) is 12.7. The molecule has 0 unspecified atom stereocenters. The number of carbonyl (C=O) groups is 1. The first-order chi connectivity index (χ1) is 21.1. The second-order valence-corrected chi connectivity index (χ2v) is 12.0. The molecule has 0 heterocycles. The van der Waals surface area contributed by atoms with Gasteiger partial charge in [-0.25, -0.2) is 0 Å². The van der Waals surface area contributed by atoms with Crippen LogP contribution in [0.4, 0.5) is 4.79 Å². The van der Waals surface area contributed by atoms with E-state index in [1.165, 1.54) is 58.5 Å². The molecule has 43 heavy (non-hydrogen) atoms. The Morgan fingerprint density at radius 2 is 0.791 bits per heavy atom. The molecule has 7 rings (SSSR count). The zero-order chi connectivity index (χ0) is 29.6. The van der Waals surface area contributed by atoms with Crippen molar-refractivity contribution in [1.82, 2.24) is 0 Å². The third kappa shape index (κ3) is 6.15. The third-order valence-corrected chi connectivity index (χ3v) is 9.59. The van der Waals surface area contributed by atoms with E-state index in [0.717, 1.165) is 0 Å². The van der Waals surface area contributed by atoms with E-state index in [1.54, 1.807) is 0 Å². The zero-order valence-electron chi connectivity index (χ0n) is 23.3. The first kappa shape index (κ1) is 27.8. The van der Waals surface area contributed by atoms with Crippen LogP contribution in [0.1, 0.15) is 0 Å². The molecule has 4 heteroatoms. The van der Waals surface area contributed by atoms with Crippen LogP contribution >= 0.6 is 0 Å². The van der Waals surface area contributed by atoms with Gasteiger partial charge in [-0.1, -0.05) is 103 Å². The molecule has 0 aliphatic carbocycles. The molecule has 0 saturated heterocycles. The van der Waals surface area contributed by atoms with E-state index in [1.807, 2.05) is 0 Å². The van der Waals surface area contributed by atoms with Crippen LogP contribution in [0.2, 0.25) is 0 Å². The summed E-state index contributed by atoms with van der Waals surface area (Å²) in [6.45, 7) is 0. The Kier molecular flexibility index (Phi) is 8.21. The lowest BCUT2D eigenvalue weighted by Crippen LogP contribution is -2.17. The molecule has 0 bridgehead atoms. The van der Waals surface area contributed by atoms with Gasteiger partial charge in [0, 0.05) is 0 Å². The van der Waals surface area contributed by atoms with Crippen molar-refractivity contribution in [3.05, 3.63) is 164 Å². The molecule has 0 atom stereocenters. The summed E-state index contributed by atoms with van der Waals surface area (Å²) in [5.74, 6) is 0. The molecule has 0 fully saturated rings. The van der Waals surface area contributed by atoms with Gasteiger partial charge in [0.1, 0.15) is 0 Å². The van der Waals surface area contributed by atoms with Gasteiger partial charge in [-0.05, 0) is 104 Å². The van der Waals surface area contributed by atoms with Gasteiger partial charge in [0.05, 0.1) is 10.9 Å². The Labute approximate surface area is 253 Å². The first-order valence-electron chi connectivity index (χ1n) is 13.9. The van der Waals surface area contributed by atoms with Gasteiger partial charge in [-0.2, -0.15) is 0 Å². The molecule has 1 N–H and O–H groups in total. The number of carboxylic acid groups (broad SMARTS) is 2. The van der Waals surface area contributed by atoms with E-state index < -0.39 is 6.16 Å². The van der Waals surface area contributed by atoms with Crippen LogP contribution in [0.15, 0.2) is 178 Å². The van der Waals surface area contributed by atoms with Crippen molar-refractivity contribution in [2.24, 2.45) is 0 Å². The molecule has 0 aromatic heterocycles. The molecular formula is C39H28O3S. The molecule has 0 aliphatic heterocycles. The number of rotatable bonds is 5. The van der Waals surface area contributed by atoms with Gasteiger partial charge in [0.15, 0.2) is 14.7 Å². The Hall–Kier alpha value is -5.32. The summed E-state index contributed by atoms with van der Waals surface area (Å²) in [4.78, 5) is 12.4.